The minimum Gasteiger partial charge on any atom is -0.497 e. The zero-order chi connectivity index (χ0) is 26.7. The fourth-order valence-corrected chi connectivity index (χ4v) is 5.22. The maximum absolute atomic E-state index is 13.3. The molecule has 0 saturated carbocycles. The number of amides is 2. The molecule has 1 aliphatic heterocycles. The van der Waals surface area contributed by atoms with Crippen LogP contribution in [0.3, 0.4) is 0 Å². The first-order valence-electron chi connectivity index (χ1n) is 10.7. The highest BCUT2D eigenvalue weighted by Crippen LogP contribution is 2.36. The molecule has 0 unspecified atom stereocenters. The standard InChI is InChI=1S/C26H18Br2N2O6S/c1-35-18-8-6-17(7-9-18)30-24(32)19(23(31)29-26(30)37)10-15-11-20(27)22(21(28)12-15)36-13-14-2-4-16(5-3-14)25(33)34/h2-12H,13H2,1H3,(H,33,34)(H,29,31,37)/b19-10+. The Morgan fingerprint density at radius 1 is 1.05 bits per heavy atom. The number of carboxylic acids is 1. The molecule has 0 aliphatic carbocycles. The van der Waals surface area contributed by atoms with Gasteiger partial charge < -0.3 is 14.6 Å². The summed E-state index contributed by atoms with van der Waals surface area (Å²) in [6.07, 6.45) is 1.47. The second-order valence-corrected chi connectivity index (χ2v) is 9.86. The number of carbonyl (C=O) groups excluding carboxylic acids is 2. The number of anilines is 1. The molecule has 2 N–H and O–H groups in total. The van der Waals surface area contributed by atoms with E-state index in [9.17, 15) is 14.4 Å². The third kappa shape index (κ3) is 5.90. The quantitative estimate of drug-likeness (QED) is 0.203. The molecule has 1 saturated heterocycles. The number of methoxy groups -OCH3 is 1. The topological polar surface area (TPSA) is 105 Å². The minimum absolute atomic E-state index is 0.0141. The van der Waals surface area contributed by atoms with E-state index >= 15 is 0 Å². The number of carboxylic acid groups (broad SMARTS) is 1. The molecular formula is C26H18Br2N2O6S. The monoisotopic (exact) mass is 644 g/mol. The lowest BCUT2D eigenvalue weighted by molar-refractivity contribution is -0.122. The van der Waals surface area contributed by atoms with Crippen molar-refractivity contribution < 1.29 is 29.0 Å². The number of nitrogens with one attached hydrogen (secondary N) is 1. The summed E-state index contributed by atoms with van der Waals surface area (Å²) in [7, 11) is 1.54. The van der Waals surface area contributed by atoms with Gasteiger partial charge in [0.05, 0.1) is 27.3 Å². The van der Waals surface area contributed by atoms with Crippen molar-refractivity contribution in [2.75, 3.05) is 12.0 Å². The fraction of sp³-hybridized carbons (Fsp3) is 0.0769. The Morgan fingerprint density at radius 3 is 2.24 bits per heavy atom. The van der Waals surface area contributed by atoms with Gasteiger partial charge in [-0.25, -0.2) is 4.79 Å². The van der Waals surface area contributed by atoms with E-state index in [0.717, 1.165) is 5.56 Å². The molecule has 2 amide bonds. The van der Waals surface area contributed by atoms with Crippen LogP contribution >= 0.6 is 44.1 Å². The van der Waals surface area contributed by atoms with Crippen LogP contribution < -0.4 is 19.7 Å². The van der Waals surface area contributed by atoms with Crippen molar-refractivity contribution in [3.05, 3.63) is 91.9 Å². The van der Waals surface area contributed by atoms with Gasteiger partial charge in [0.25, 0.3) is 11.8 Å². The van der Waals surface area contributed by atoms with Crippen LogP contribution in [0.2, 0.25) is 0 Å². The number of halogens is 2. The van der Waals surface area contributed by atoms with Gasteiger partial charge in [0, 0.05) is 0 Å². The van der Waals surface area contributed by atoms with Crippen LogP contribution in [-0.4, -0.2) is 35.1 Å². The zero-order valence-corrected chi connectivity index (χ0v) is 23.1. The summed E-state index contributed by atoms with van der Waals surface area (Å²) in [5.74, 6) is -1.03. The lowest BCUT2D eigenvalue weighted by Gasteiger charge is -2.29. The van der Waals surface area contributed by atoms with E-state index in [-0.39, 0.29) is 22.9 Å². The smallest absolute Gasteiger partial charge is 0.335 e. The first kappa shape index (κ1) is 26.5. The number of hydrogen-bond acceptors (Lipinski definition) is 6. The van der Waals surface area contributed by atoms with E-state index < -0.39 is 17.8 Å². The van der Waals surface area contributed by atoms with Gasteiger partial charge in [-0.15, -0.1) is 0 Å². The van der Waals surface area contributed by atoms with Gasteiger partial charge in [-0.05, 0) is 110 Å². The van der Waals surface area contributed by atoms with Gasteiger partial charge >= 0.3 is 5.97 Å². The number of carbonyl (C=O) groups is 3. The molecule has 8 nitrogen and oxygen atoms in total. The van der Waals surface area contributed by atoms with E-state index in [4.69, 9.17) is 26.8 Å². The molecule has 3 aromatic carbocycles. The van der Waals surface area contributed by atoms with Gasteiger partial charge in [0.15, 0.2) is 5.11 Å². The maximum atomic E-state index is 13.3. The van der Waals surface area contributed by atoms with E-state index in [0.29, 0.717) is 31.7 Å². The van der Waals surface area contributed by atoms with Gasteiger partial charge in [-0.2, -0.15) is 0 Å². The summed E-state index contributed by atoms with van der Waals surface area (Å²) in [6, 6.07) is 16.5. The van der Waals surface area contributed by atoms with Crippen LogP contribution in [0, 0.1) is 0 Å². The van der Waals surface area contributed by atoms with Crippen LogP contribution in [0.1, 0.15) is 21.5 Å². The fourth-order valence-electron chi connectivity index (χ4n) is 3.49. The Labute approximate surface area is 234 Å². The Bertz CT molecular complexity index is 1420. The van der Waals surface area contributed by atoms with Crippen LogP contribution in [0.5, 0.6) is 11.5 Å². The number of thiocarbonyl (C=S) groups is 1. The summed E-state index contributed by atoms with van der Waals surface area (Å²) in [5, 5.41) is 11.6. The minimum atomic E-state index is -0.998. The Kier molecular flexibility index (Phi) is 8.06. The maximum Gasteiger partial charge on any atom is 0.335 e. The summed E-state index contributed by atoms with van der Waals surface area (Å²) >= 11 is 12.2. The third-order valence-electron chi connectivity index (χ3n) is 5.35. The summed E-state index contributed by atoms with van der Waals surface area (Å²) in [4.78, 5) is 38.2. The van der Waals surface area contributed by atoms with Gasteiger partial charge in [-0.3, -0.25) is 19.8 Å². The van der Waals surface area contributed by atoms with Gasteiger partial charge in [0.1, 0.15) is 23.7 Å². The Balaban J connectivity index is 1.56. The lowest BCUT2D eigenvalue weighted by Crippen LogP contribution is -2.54. The molecule has 11 heteroatoms. The second-order valence-electron chi connectivity index (χ2n) is 7.76. The highest BCUT2D eigenvalue weighted by molar-refractivity contribution is 9.11. The van der Waals surface area contributed by atoms with E-state index in [1.165, 1.54) is 30.2 Å². The molecule has 3 aromatic rings. The molecule has 188 valence electrons. The van der Waals surface area contributed by atoms with Crippen molar-refractivity contribution in [3.8, 4) is 11.5 Å². The molecule has 0 radical (unpaired) electrons. The molecule has 0 bridgehead atoms. The number of benzene rings is 3. The van der Waals surface area contributed by atoms with Crippen molar-refractivity contribution in [2.24, 2.45) is 0 Å². The lowest BCUT2D eigenvalue weighted by atomic mass is 10.1. The molecule has 1 fully saturated rings. The number of ether oxygens (including phenoxy) is 2. The number of aromatic carboxylic acids is 1. The second kappa shape index (κ2) is 11.2. The SMILES string of the molecule is COc1ccc(N2C(=O)/C(=C/c3cc(Br)c(OCc4ccc(C(=O)O)cc4)c(Br)c3)C(=O)NC2=S)cc1. The first-order valence-corrected chi connectivity index (χ1v) is 12.7. The average molecular weight is 646 g/mol. The molecule has 0 atom stereocenters. The van der Waals surface area contributed by atoms with E-state index in [2.05, 4.69) is 37.2 Å². The van der Waals surface area contributed by atoms with Crippen LogP contribution in [0.25, 0.3) is 6.08 Å². The average Bonchev–Trinajstić information content (AvgIpc) is 2.86. The highest BCUT2D eigenvalue weighted by Gasteiger charge is 2.34. The molecule has 1 heterocycles. The number of nitrogens with zero attached hydrogens (tertiary/aromatic N) is 1. The summed E-state index contributed by atoms with van der Waals surface area (Å²) in [5.41, 5.74) is 1.95. The van der Waals surface area contributed by atoms with Crippen molar-refractivity contribution in [2.45, 2.75) is 6.61 Å². The molecule has 1 aliphatic rings. The zero-order valence-electron chi connectivity index (χ0n) is 19.2. The van der Waals surface area contributed by atoms with Crippen molar-refractivity contribution >= 4 is 78.7 Å². The molecule has 4 rings (SSSR count). The Hall–Kier alpha value is -3.54. The van der Waals surface area contributed by atoms with Crippen LogP contribution in [0.15, 0.2) is 75.2 Å². The number of hydrogen-bond donors (Lipinski definition) is 2. The first-order chi connectivity index (χ1) is 17.7. The summed E-state index contributed by atoms with van der Waals surface area (Å²) < 4.78 is 12.2. The summed E-state index contributed by atoms with van der Waals surface area (Å²) in [6.45, 7) is 0.201. The normalized spacial score (nSPS) is 14.5. The predicted octanol–water partition coefficient (Wildman–Crippen LogP) is 5.33. The third-order valence-corrected chi connectivity index (χ3v) is 6.81. The Morgan fingerprint density at radius 2 is 1.68 bits per heavy atom. The van der Waals surface area contributed by atoms with Crippen molar-refractivity contribution in [1.29, 1.82) is 0 Å². The molecular weight excluding hydrogens is 628 g/mol. The molecule has 37 heavy (non-hydrogen) atoms. The van der Waals surface area contributed by atoms with Crippen LogP contribution in [-0.2, 0) is 16.2 Å². The van der Waals surface area contributed by atoms with E-state index in [1.54, 1.807) is 48.5 Å². The van der Waals surface area contributed by atoms with Gasteiger partial charge in [0.2, 0.25) is 0 Å². The van der Waals surface area contributed by atoms with Crippen molar-refractivity contribution in [3.63, 3.8) is 0 Å². The predicted molar refractivity (Wildman–Crippen MR) is 149 cm³/mol. The largest absolute Gasteiger partial charge is 0.497 e. The molecule has 0 aromatic heterocycles. The number of rotatable bonds is 7. The van der Waals surface area contributed by atoms with Crippen LogP contribution in [0.4, 0.5) is 5.69 Å². The highest BCUT2D eigenvalue weighted by atomic mass is 79.9. The van der Waals surface area contributed by atoms with Gasteiger partial charge in [-0.1, -0.05) is 12.1 Å². The molecule has 0 spiro atoms. The van der Waals surface area contributed by atoms with Crippen molar-refractivity contribution in [1.82, 2.24) is 5.32 Å². The van der Waals surface area contributed by atoms with E-state index in [1.807, 2.05) is 0 Å².